The van der Waals surface area contributed by atoms with Crippen LogP contribution in [-0.4, -0.2) is 20.7 Å². The van der Waals surface area contributed by atoms with Crippen molar-refractivity contribution in [1.29, 1.82) is 0 Å². The van der Waals surface area contributed by atoms with Gasteiger partial charge in [0.05, 0.1) is 0 Å². The molecule has 4 radical (unpaired) electrons. The molecule has 0 bridgehead atoms. The lowest BCUT2D eigenvalue weighted by Gasteiger charge is -2.06. The van der Waals surface area contributed by atoms with Gasteiger partial charge in [0, 0.05) is 6.20 Å². The second kappa shape index (κ2) is 2.49. The zero-order chi connectivity index (χ0) is 7.72. The Morgan fingerprint density at radius 3 is 2.30 bits per heavy atom. The molecule has 1 heterocycles. The van der Waals surface area contributed by atoms with Gasteiger partial charge in [-0.3, -0.25) is 4.98 Å². The second-order valence-corrected chi connectivity index (χ2v) is 2.35. The van der Waals surface area contributed by atoms with Crippen LogP contribution in [0.3, 0.4) is 0 Å². The summed E-state index contributed by atoms with van der Waals surface area (Å²) in [5.74, 6) is 0. The summed E-state index contributed by atoms with van der Waals surface area (Å²) < 4.78 is 0. The SMILES string of the molecule is [B]c1cnc([B])c(C)c1C. The minimum Gasteiger partial charge on any atom is -0.273 e. The number of hydrogen-bond acceptors (Lipinski definition) is 1. The number of nitrogens with zero attached hydrogens (tertiary/aromatic N) is 1. The van der Waals surface area contributed by atoms with Gasteiger partial charge in [-0.1, -0.05) is 11.0 Å². The number of hydrogen-bond donors (Lipinski definition) is 0. The first-order chi connectivity index (χ1) is 4.63. The van der Waals surface area contributed by atoms with Gasteiger partial charge < -0.3 is 0 Å². The maximum atomic E-state index is 5.57. The Hall–Kier alpha value is -0.720. The van der Waals surface area contributed by atoms with Crippen LogP contribution in [0.1, 0.15) is 11.1 Å². The van der Waals surface area contributed by atoms with Crippen LogP contribution in [0.4, 0.5) is 0 Å². The van der Waals surface area contributed by atoms with Gasteiger partial charge in [0.15, 0.2) is 0 Å². The zero-order valence-corrected chi connectivity index (χ0v) is 6.18. The van der Waals surface area contributed by atoms with E-state index >= 15 is 0 Å². The van der Waals surface area contributed by atoms with E-state index in [-0.39, 0.29) is 0 Å². The number of rotatable bonds is 0. The molecule has 0 saturated heterocycles. The number of pyridine rings is 1. The van der Waals surface area contributed by atoms with Crippen molar-refractivity contribution in [1.82, 2.24) is 4.98 Å². The molecule has 0 spiro atoms. The van der Waals surface area contributed by atoms with Gasteiger partial charge in [0.25, 0.3) is 0 Å². The molecule has 1 aromatic rings. The molecule has 1 rings (SSSR count). The highest BCUT2D eigenvalue weighted by atomic mass is 14.6. The molecule has 10 heavy (non-hydrogen) atoms. The first-order valence-electron chi connectivity index (χ1n) is 3.10. The quantitative estimate of drug-likeness (QED) is 0.419. The molecule has 0 aliphatic heterocycles. The lowest BCUT2D eigenvalue weighted by molar-refractivity contribution is 1.29. The van der Waals surface area contributed by atoms with E-state index in [9.17, 15) is 0 Å². The molecule has 0 amide bonds. The third-order valence-electron chi connectivity index (χ3n) is 1.72. The Morgan fingerprint density at radius 2 is 1.80 bits per heavy atom. The summed E-state index contributed by atoms with van der Waals surface area (Å²) in [7, 11) is 11.1. The molecule has 1 aromatic heterocycles. The molecule has 0 saturated carbocycles. The van der Waals surface area contributed by atoms with E-state index in [4.69, 9.17) is 15.7 Å². The van der Waals surface area contributed by atoms with Crippen molar-refractivity contribution in [3.8, 4) is 0 Å². The van der Waals surface area contributed by atoms with Crippen LogP contribution < -0.4 is 11.1 Å². The molecular weight excluding hydrogens is 120 g/mol. The molecule has 0 atom stereocenters. The fourth-order valence-corrected chi connectivity index (χ4v) is 0.741. The topological polar surface area (TPSA) is 12.9 Å². The van der Waals surface area contributed by atoms with E-state index in [0.717, 1.165) is 11.1 Å². The van der Waals surface area contributed by atoms with Crippen LogP contribution >= 0.6 is 0 Å². The summed E-state index contributed by atoms with van der Waals surface area (Å²) in [6, 6.07) is 0. The summed E-state index contributed by atoms with van der Waals surface area (Å²) in [6.45, 7) is 3.84. The average molecular weight is 127 g/mol. The normalized spacial score (nSPS) is 9.80. The first kappa shape index (κ1) is 7.39. The minimum atomic E-state index is 0.562. The summed E-state index contributed by atoms with van der Waals surface area (Å²) >= 11 is 0. The Bertz CT molecular complexity index is 231. The maximum absolute atomic E-state index is 5.57. The van der Waals surface area contributed by atoms with Gasteiger partial charge in [-0.05, 0) is 25.0 Å². The Balaban J connectivity index is 3.34. The van der Waals surface area contributed by atoms with E-state index in [1.54, 1.807) is 6.20 Å². The van der Waals surface area contributed by atoms with Crippen LogP contribution in [0.25, 0.3) is 0 Å². The third-order valence-corrected chi connectivity index (χ3v) is 1.72. The fraction of sp³-hybridized carbons (Fsp3) is 0.286. The van der Waals surface area contributed by atoms with Gasteiger partial charge in [-0.15, -0.1) is 0 Å². The second-order valence-electron chi connectivity index (χ2n) is 2.35. The van der Waals surface area contributed by atoms with Crippen molar-refractivity contribution in [2.75, 3.05) is 0 Å². The molecule has 0 N–H and O–H groups in total. The average Bonchev–Trinajstić information content (AvgIpc) is 1.93. The van der Waals surface area contributed by atoms with Crippen molar-refractivity contribution in [2.45, 2.75) is 13.8 Å². The molecule has 0 aromatic carbocycles. The molecule has 0 fully saturated rings. The van der Waals surface area contributed by atoms with Gasteiger partial charge in [-0.2, -0.15) is 0 Å². The van der Waals surface area contributed by atoms with E-state index in [1.807, 2.05) is 13.8 Å². The largest absolute Gasteiger partial charge is 0.273 e. The van der Waals surface area contributed by atoms with Gasteiger partial charge in [0.1, 0.15) is 15.7 Å². The standard InChI is InChI=1S/C7H7B2N/c1-4-5(2)7(9)10-3-6(4)8/h3H,1-2H3. The first-order valence-corrected chi connectivity index (χ1v) is 3.10. The highest BCUT2D eigenvalue weighted by Gasteiger charge is 1.98. The van der Waals surface area contributed by atoms with Crippen LogP contribution in [0.5, 0.6) is 0 Å². The molecule has 0 unspecified atom stereocenters. The van der Waals surface area contributed by atoms with Crippen molar-refractivity contribution >= 4 is 26.7 Å². The molecular formula is C7H7B2N. The molecule has 1 nitrogen and oxygen atoms in total. The van der Waals surface area contributed by atoms with E-state index < -0.39 is 0 Å². The lowest BCUT2D eigenvalue weighted by Crippen LogP contribution is -2.21. The molecule has 0 aliphatic rings. The zero-order valence-electron chi connectivity index (χ0n) is 6.18. The highest BCUT2D eigenvalue weighted by Crippen LogP contribution is 1.94. The molecule has 46 valence electrons. The van der Waals surface area contributed by atoms with E-state index in [0.29, 0.717) is 11.1 Å². The molecule has 3 heteroatoms. The van der Waals surface area contributed by atoms with E-state index in [1.165, 1.54) is 0 Å². The lowest BCUT2D eigenvalue weighted by atomic mass is 9.86. The third kappa shape index (κ3) is 1.08. The van der Waals surface area contributed by atoms with Crippen molar-refractivity contribution in [3.63, 3.8) is 0 Å². The molecule has 0 aliphatic carbocycles. The van der Waals surface area contributed by atoms with Gasteiger partial charge in [0.2, 0.25) is 0 Å². The Morgan fingerprint density at radius 1 is 1.20 bits per heavy atom. The predicted octanol–water partition coefficient (Wildman–Crippen LogP) is -0.714. The minimum absolute atomic E-state index is 0.562. The van der Waals surface area contributed by atoms with Crippen LogP contribution in [-0.2, 0) is 0 Å². The Kier molecular flexibility index (Phi) is 1.84. The van der Waals surface area contributed by atoms with E-state index in [2.05, 4.69) is 4.98 Å². The maximum Gasteiger partial charge on any atom is 0.142 e. The van der Waals surface area contributed by atoms with Gasteiger partial charge in [-0.25, -0.2) is 0 Å². The summed E-state index contributed by atoms with van der Waals surface area (Å²) in [4.78, 5) is 3.89. The van der Waals surface area contributed by atoms with Crippen LogP contribution in [0.15, 0.2) is 6.20 Å². The Labute approximate surface area is 63.7 Å². The smallest absolute Gasteiger partial charge is 0.142 e. The highest BCUT2D eigenvalue weighted by molar-refractivity contribution is 6.35. The van der Waals surface area contributed by atoms with Crippen molar-refractivity contribution in [3.05, 3.63) is 17.3 Å². The van der Waals surface area contributed by atoms with Crippen LogP contribution in [0.2, 0.25) is 0 Å². The summed E-state index contributed by atoms with van der Waals surface area (Å²) in [5, 5.41) is 0. The van der Waals surface area contributed by atoms with Crippen molar-refractivity contribution < 1.29 is 0 Å². The monoisotopic (exact) mass is 127 g/mol. The van der Waals surface area contributed by atoms with Crippen LogP contribution in [0, 0.1) is 13.8 Å². The summed E-state index contributed by atoms with van der Waals surface area (Å²) in [6.07, 6.45) is 1.58. The van der Waals surface area contributed by atoms with Gasteiger partial charge >= 0.3 is 0 Å². The number of aromatic nitrogens is 1. The predicted molar refractivity (Wildman–Crippen MR) is 44.5 cm³/mol. The van der Waals surface area contributed by atoms with Crippen molar-refractivity contribution in [2.24, 2.45) is 0 Å². The summed E-state index contributed by atoms with van der Waals surface area (Å²) in [5.41, 5.74) is 3.26. The fourth-order valence-electron chi connectivity index (χ4n) is 0.741.